The Morgan fingerprint density at radius 1 is 0.895 bits per heavy atom. The van der Waals surface area contributed by atoms with Gasteiger partial charge in [0.1, 0.15) is 12.1 Å². The van der Waals surface area contributed by atoms with Crippen LogP contribution in [0.25, 0.3) is 0 Å². The van der Waals surface area contributed by atoms with E-state index < -0.39 is 24.0 Å². The predicted molar refractivity (Wildman–Crippen MR) is 79.1 cm³/mol. The molecule has 0 heterocycles. The lowest BCUT2D eigenvalue weighted by Crippen LogP contribution is -2.40. The maximum atomic E-state index is 11.5. The van der Waals surface area contributed by atoms with E-state index in [9.17, 15) is 9.59 Å². The van der Waals surface area contributed by atoms with Gasteiger partial charge in [0.05, 0.1) is 9.98 Å². The number of carbonyl (C=O) groups is 2. The molecule has 0 aromatic heterocycles. The molecule has 0 aromatic rings. The van der Waals surface area contributed by atoms with E-state index in [2.05, 4.69) is 29.2 Å². The Kier molecular flexibility index (Phi) is 8.32. The van der Waals surface area contributed by atoms with Crippen LogP contribution in [0.4, 0.5) is 0 Å². The number of hydrogen-bond donors (Lipinski definition) is 4. The Morgan fingerprint density at radius 2 is 1.21 bits per heavy atom. The molecule has 2 unspecified atom stereocenters. The number of thiocarbonyl (C=S) groups is 2. The van der Waals surface area contributed by atoms with E-state index in [1.807, 2.05) is 0 Å². The molecule has 2 atom stereocenters. The Labute approximate surface area is 122 Å². The first-order valence-electron chi connectivity index (χ1n) is 5.57. The minimum atomic E-state index is -0.965. The second-order valence-electron chi connectivity index (χ2n) is 3.96. The van der Waals surface area contributed by atoms with Gasteiger partial charge in [0.15, 0.2) is 0 Å². The van der Waals surface area contributed by atoms with Crippen molar-refractivity contribution in [2.45, 2.75) is 37.8 Å². The standard InChI is InChI=1S/C10H18N4O3S2/c11-5(1-3-7(13)18)9(15)17-10(16)6(12)2-4-8(14)19/h5-6H,1-4,11-12H2,(H2,13,18)(H2,14,19). The van der Waals surface area contributed by atoms with Crippen LogP contribution >= 0.6 is 24.4 Å². The van der Waals surface area contributed by atoms with Crippen molar-refractivity contribution >= 4 is 46.4 Å². The average Bonchev–Trinajstić information content (AvgIpc) is 2.32. The Morgan fingerprint density at radius 3 is 1.47 bits per heavy atom. The van der Waals surface area contributed by atoms with Gasteiger partial charge in [-0.1, -0.05) is 24.4 Å². The summed E-state index contributed by atoms with van der Waals surface area (Å²) in [4.78, 5) is 23.4. The molecule has 0 fully saturated rings. The molecule has 19 heavy (non-hydrogen) atoms. The van der Waals surface area contributed by atoms with Crippen LogP contribution in [0, 0.1) is 0 Å². The van der Waals surface area contributed by atoms with E-state index in [-0.39, 0.29) is 22.8 Å². The van der Waals surface area contributed by atoms with Gasteiger partial charge in [-0.3, -0.25) is 0 Å². The lowest BCUT2D eigenvalue weighted by molar-refractivity contribution is -0.161. The van der Waals surface area contributed by atoms with Gasteiger partial charge in [0.25, 0.3) is 0 Å². The van der Waals surface area contributed by atoms with Gasteiger partial charge in [0.2, 0.25) is 0 Å². The van der Waals surface area contributed by atoms with Crippen LogP contribution in [0.3, 0.4) is 0 Å². The summed E-state index contributed by atoms with van der Waals surface area (Å²) in [5, 5.41) is 0. The maximum Gasteiger partial charge on any atom is 0.330 e. The average molecular weight is 306 g/mol. The highest BCUT2D eigenvalue weighted by Gasteiger charge is 2.23. The first kappa shape index (κ1) is 17.8. The van der Waals surface area contributed by atoms with Crippen LogP contribution in [0.2, 0.25) is 0 Å². The normalized spacial score (nSPS) is 13.4. The van der Waals surface area contributed by atoms with Crippen LogP contribution in [0.15, 0.2) is 0 Å². The van der Waals surface area contributed by atoms with Crippen LogP contribution in [0.5, 0.6) is 0 Å². The van der Waals surface area contributed by atoms with Gasteiger partial charge in [0, 0.05) is 0 Å². The van der Waals surface area contributed by atoms with Gasteiger partial charge in [-0.15, -0.1) is 0 Å². The summed E-state index contributed by atoms with van der Waals surface area (Å²) < 4.78 is 4.54. The number of ether oxygens (including phenoxy) is 1. The molecular weight excluding hydrogens is 288 g/mol. The topological polar surface area (TPSA) is 147 Å². The minimum Gasteiger partial charge on any atom is -0.393 e. The van der Waals surface area contributed by atoms with Gasteiger partial charge in [-0.05, 0) is 25.7 Å². The summed E-state index contributed by atoms with van der Waals surface area (Å²) in [6.45, 7) is 0. The zero-order valence-corrected chi connectivity index (χ0v) is 12.0. The van der Waals surface area contributed by atoms with Crippen LogP contribution < -0.4 is 22.9 Å². The third kappa shape index (κ3) is 8.54. The molecule has 9 heteroatoms. The molecule has 7 nitrogen and oxygen atoms in total. The molecule has 0 saturated carbocycles. The number of hydrogen-bond acceptors (Lipinski definition) is 7. The SMILES string of the molecule is NC(=S)CCC(N)C(=O)OC(=O)C(N)CCC(N)=S. The molecule has 0 rings (SSSR count). The van der Waals surface area contributed by atoms with E-state index >= 15 is 0 Å². The van der Waals surface area contributed by atoms with Crippen LogP contribution in [0.1, 0.15) is 25.7 Å². The third-order valence-corrected chi connectivity index (χ3v) is 2.62. The van der Waals surface area contributed by atoms with Crippen LogP contribution in [-0.2, 0) is 14.3 Å². The molecule has 108 valence electrons. The van der Waals surface area contributed by atoms with Gasteiger partial charge >= 0.3 is 11.9 Å². The van der Waals surface area contributed by atoms with E-state index in [0.29, 0.717) is 12.8 Å². The maximum absolute atomic E-state index is 11.5. The zero-order chi connectivity index (χ0) is 15.0. The number of rotatable bonds is 8. The van der Waals surface area contributed by atoms with Crippen molar-refractivity contribution in [2.24, 2.45) is 22.9 Å². The highest BCUT2D eigenvalue weighted by molar-refractivity contribution is 7.80. The number of nitrogens with two attached hydrogens (primary N) is 4. The molecule has 0 aliphatic rings. The first-order valence-corrected chi connectivity index (χ1v) is 6.39. The molecule has 8 N–H and O–H groups in total. The lowest BCUT2D eigenvalue weighted by Gasteiger charge is -2.13. The van der Waals surface area contributed by atoms with Crippen molar-refractivity contribution in [2.75, 3.05) is 0 Å². The summed E-state index contributed by atoms with van der Waals surface area (Å²) in [7, 11) is 0. The van der Waals surface area contributed by atoms with Crippen molar-refractivity contribution in [3.63, 3.8) is 0 Å². The molecule has 0 saturated heterocycles. The van der Waals surface area contributed by atoms with E-state index in [1.54, 1.807) is 0 Å². The monoisotopic (exact) mass is 306 g/mol. The molecule has 0 bridgehead atoms. The molecular formula is C10H18N4O3S2. The molecule has 0 aliphatic carbocycles. The smallest absolute Gasteiger partial charge is 0.330 e. The fourth-order valence-corrected chi connectivity index (χ4v) is 1.32. The highest BCUT2D eigenvalue weighted by atomic mass is 32.1. The van der Waals surface area contributed by atoms with Gasteiger partial charge < -0.3 is 27.7 Å². The van der Waals surface area contributed by atoms with E-state index in [4.69, 9.17) is 22.9 Å². The summed E-state index contributed by atoms with van der Waals surface area (Å²) in [5.74, 6) is -1.71. The molecule has 0 spiro atoms. The third-order valence-electron chi connectivity index (χ3n) is 2.21. The second-order valence-corrected chi connectivity index (χ2v) is 5.01. The first-order chi connectivity index (χ1) is 8.73. The summed E-state index contributed by atoms with van der Waals surface area (Å²) >= 11 is 9.30. The van der Waals surface area contributed by atoms with Crippen LogP contribution in [-0.4, -0.2) is 34.0 Å². The van der Waals surface area contributed by atoms with E-state index in [1.165, 1.54) is 0 Å². The Balaban J connectivity index is 4.12. The molecule has 0 aromatic carbocycles. The predicted octanol–water partition coefficient (Wildman–Crippen LogP) is -1.16. The Hall–Kier alpha value is -1.16. The van der Waals surface area contributed by atoms with Crippen molar-refractivity contribution in [1.82, 2.24) is 0 Å². The molecule has 0 amide bonds. The lowest BCUT2D eigenvalue weighted by atomic mass is 10.1. The van der Waals surface area contributed by atoms with Gasteiger partial charge in [-0.25, -0.2) is 9.59 Å². The summed E-state index contributed by atoms with van der Waals surface area (Å²) in [6, 6.07) is -1.93. The summed E-state index contributed by atoms with van der Waals surface area (Å²) in [6.07, 6.45) is 1.02. The summed E-state index contributed by atoms with van der Waals surface area (Å²) in [5.41, 5.74) is 21.6. The largest absolute Gasteiger partial charge is 0.393 e. The fourth-order valence-electron chi connectivity index (χ4n) is 1.08. The number of carbonyl (C=O) groups excluding carboxylic acids is 2. The van der Waals surface area contributed by atoms with Crippen molar-refractivity contribution in [3.05, 3.63) is 0 Å². The van der Waals surface area contributed by atoms with Crippen molar-refractivity contribution in [1.29, 1.82) is 0 Å². The van der Waals surface area contributed by atoms with E-state index in [0.717, 1.165) is 0 Å². The minimum absolute atomic E-state index is 0.212. The van der Waals surface area contributed by atoms with Crippen molar-refractivity contribution in [3.8, 4) is 0 Å². The fraction of sp³-hybridized carbons (Fsp3) is 0.600. The molecule has 0 aliphatic heterocycles. The van der Waals surface area contributed by atoms with Crippen molar-refractivity contribution < 1.29 is 14.3 Å². The quantitative estimate of drug-likeness (QED) is 0.247. The van der Waals surface area contributed by atoms with Gasteiger partial charge in [-0.2, -0.15) is 0 Å². The second kappa shape index (κ2) is 8.86. The highest BCUT2D eigenvalue weighted by Crippen LogP contribution is 2.02. The zero-order valence-electron chi connectivity index (χ0n) is 10.3. The Bertz CT molecular complexity index is 342. The molecule has 0 radical (unpaired) electrons. The number of esters is 2.